The van der Waals surface area contributed by atoms with Gasteiger partial charge in [-0.1, -0.05) is 13.8 Å². The third-order valence-corrected chi connectivity index (χ3v) is 3.02. The number of rotatable bonds is 2. The third kappa shape index (κ3) is 1.74. The van der Waals surface area contributed by atoms with E-state index in [0.29, 0.717) is 25.8 Å². The molecule has 80 valence electrons. The third-order valence-electron chi connectivity index (χ3n) is 3.02. The molecule has 1 N–H and O–H groups in total. The molecule has 0 bridgehead atoms. The van der Waals surface area contributed by atoms with Gasteiger partial charge in [0.2, 0.25) is 11.8 Å². The molecule has 0 atom stereocenters. The van der Waals surface area contributed by atoms with Crippen molar-refractivity contribution >= 4 is 11.8 Å². The molecule has 0 aromatic carbocycles. The Balaban J connectivity index is 2.98. The van der Waals surface area contributed by atoms with Crippen LogP contribution in [0.3, 0.4) is 0 Å². The van der Waals surface area contributed by atoms with Crippen molar-refractivity contribution in [3.63, 3.8) is 0 Å². The van der Waals surface area contributed by atoms with Crippen molar-refractivity contribution in [3.05, 3.63) is 0 Å². The number of hydrogen-bond donors (Lipinski definition) is 1. The Kier molecular flexibility index (Phi) is 3.13. The van der Waals surface area contributed by atoms with Crippen LogP contribution in [0.5, 0.6) is 0 Å². The highest BCUT2D eigenvalue weighted by molar-refractivity contribution is 5.93. The zero-order chi connectivity index (χ0) is 10.8. The molecule has 14 heavy (non-hydrogen) atoms. The first-order valence-electron chi connectivity index (χ1n) is 5.12. The summed E-state index contributed by atoms with van der Waals surface area (Å²) in [6, 6.07) is 0. The van der Waals surface area contributed by atoms with Gasteiger partial charge in [-0.15, -0.1) is 0 Å². The highest BCUT2D eigenvalue weighted by atomic mass is 16.2. The normalized spacial score (nSPS) is 21.8. The van der Waals surface area contributed by atoms with Crippen LogP contribution >= 0.6 is 0 Å². The van der Waals surface area contributed by atoms with Gasteiger partial charge >= 0.3 is 0 Å². The van der Waals surface area contributed by atoms with Gasteiger partial charge in [0.05, 0.1) is 0 Å². The fraction of sp³-hybridized carbons (Fsp3) is 0.800. The second-order valence-electron chi connectivity index (χ2n) is 3.81. The Morgan fingerprint density at radius 3 is 2.43 bits per heavy atom. The molecule has 0 aliphatic carbocycles. The highest BCUT2D eigenvalue weighted by Gasteiger charge is 2.40. The lowest BCUT2D eigenvalue weighted by molar-refractivity contribution is -0.138. The summed E-state index contributed by atoms with van der Waals surface area (Å²) in [5, 5.41) is 2.84. The first kappa shape index (κ1) is 11.0. The molecular formula is C10H18N2O2. The predicted octanol–water partition coefficient (Wildman–Crippen LogP) is 0.523. The fourth-order valence-corrected chi connectivity index (χ4v) is 1.85. The molecule has 4 heteroatoms. The van der Waals surface area contributed by atoms with Crippen LogP contribution in [0.2, 0.25) is 0 Å². The molecule has 1 fully saturated rings. The first-order valence-corrected chi connectivity index (χ1v) is 5.12. The lowest BCUT2D eigenvalue weighted by Gasteiger charge is -2.31. The summed E-state index contributed by atoms with van der Waals surface area (Å²) in [6.45, 7) is 4.38. The quantitative estimate of drug-likeness (QED) is 0.703. The van der Waals surface area contributed by atoms with Gasteiger partial charge < -0.3 is 10.2 Å². The first-order chi connectivity index (χ1) is 6.55. The van der Waals surface area contributed by atoms with Crippen LogP contribution < -0.4 is 5.32 Å². The Morgan fingerprint density at radius 1 is 1.36 bits per heavy atom. The van der Waals surface area contributed by atoms with Crippen LogP contribution in [-0.2, 0) is 9.59 Å². The molecule has 1 saturated heterocycles. The minimum absolute atomic E-state index is 0.0219. The Morgan fingerprint density at radius 2 is 1.93 bits per heavy atom. The molecular weight excluding hydrogens is 180 g/mol. The highest BCUT2D eigenvalue weighted by Crippen LogP contribution is 2.20. The van der Waals surface area contributed by atoms with Gasteiger partial charge in [-0.05, 0) is 12.8 Å². The van der Waals surface area contributed by atoms with E-state index in [2.05, 4.69) is 5.32 Å². The summed E-state index contributed by atoms with van der Waals surface area (Å²) in [4.78, 5) is 25.0. The maximum absolute atomic E-state index is 12.0. The molecule has 0 aromatic heterocycles. The molecule has 0 aromatic rings. The molecule has 0 saturated carbocycles. The number of nitrogens with zero attached hydrogens (tertiary/aromatic N) is 1. The lowest BCUT2D eigenvalue weighted by Crippen LogP contribution is -2.55. The largest absolute Gasteiger partial charge is 0.343 e. The molecule has 1 aliphatic rings. The minimum atomic E-state index is -0.664. The summed E-state index contributed by atoms with van der Waals surface area (Å²) in [6.07, 6.45) is 1.71. The van der Waals surface area contributed by atoms with E-state index in [4.69, 9.17) is 0 Å². The maximum Gasteiger partial charge on any atom is 0.248 e. The molecule has 0 radical (unpaired) electrons. The molecule has 2 amide bonds. The van der Waals surface area contributed by atoms with Crippen LogP contribution in [0.25, 0.3) is 0 Å². The van der Waals surface area contributed by atoms with E-state index in [1.807, 2.05) is 13.8 Å². The average molecular weight is 198 g/mol. The molecule has 1 rings (SSSR count). The minimum Gasteiger partial charge on any atom is -0.343 e. The van der Waals surface area contributed by atoms with Crippen LogP contribution in [0, 0.1) is 0 Å². The van der Waals surface area contributed by atoms with E-state index in [9.17, 15) is 9.59 Å². The van der Waals surface area contributed by atoms with Gasteiger partial charge in [-0.25, -0.2) is 0 Å². The van der Waals surface area contributed by atoms with Gasteiger partial charge in [0.1, 0.15) is 5.54 Å². The zero-order valence-corrected chi connectivity index (χ0v) is 9.09. The van der Waals surface area contributed by atoms with E-state index < -0.39 is 5.54 Å². The Hall–Kier alpha value is -1.06. The van der Waals surface area contributed by atoms with E-state index in [0.717, 1.165) is 0 Å². The second-order valence-corrected chi connectivity index (χ2v) is 3.81. The van der Waals surface area contributed by atoms with E-state index >= 15 is 0 Å². The van der Waals surface area contributed by atoms with Crippen LogP contribution in [-0.4, -0.2) is 35.8 Å². The van der Waals surface area contributed by atoms with Gasteiger partial charge in [0.25, 0.3) is 0 Å². The summed E-state index contributed by atoms with van der Waals surface area (Å²) in [5.74, 6) is 0.0137. The summed E-state index contributed by atoms with van der Waals surface area (Å²) in [5.41, 5.74) is -0.664. The Bertz CT molecular complexity index is 247. The number of carbonyl (C=O) groups excluding carboxylic acids is 2. The maximum atomic E-state index is 12.0. The van der Waals surface area contributed by atoms with Crippen molar-refractivity contribution in [2.45, 2.75) is 38.6 Å². The second kappa shape index (κ2) is 3.98. The average Bonchev–Trinajstić information content (AvgIpc) is 2.30. The molecule has 1 heterocycles. The molecule has 0 spiro atoms. The predicted molar refractivity (Wildman–Crippen MR) is 53.7 cm³/mol. The number of amides is 2. The molecule has 0 unspecified atom stereocenters. The number of hydrogen-bond acceptors (Lipinski definition) is 2. The molecule has 1 aliphatic heterocycles. The van der Waals surface area contributed by atoms with Crippen molar-refractivity contribution in [3.8, 4) is 0 Å². The van der Waals surface area contributed by atoms with Crippen molar-refractivity contribution in [2.24, 2.45) is 0 Å². The zero-order valence-electron chi connectivity index (χ0n) is 9.09. The van der Waals surface area contributed by atoms with Crippen molar-refractivity contribution < 1.29 is 9.59 Å². The van der Waals surface area contributed by atoms with Crippen molar-refractivity contribution in [1.82, 2.24) is 10.2 Å². The van der Waals surface area contributed by atoms with Crippen LogP contribution in [0.15, 0.2) is 0 Å². The Labute approximate surface area is 84.7 Å². The van der Waals surface area contributed by atoms with Gasteiger partial charge in [-0.2, -0.15) is 0 Å². The van der Waals surface area contributed by atoms with Crippen molar-refractivity contribution in [2.75, 3.05) is 13.6 Å². The number of nitrogens with one attached hydrogen (secondary N) is 1. The fourth-order valence-electron chi connectivity index (χ4n) is 1.85. The van der Waals surface area contributed by atoms with E-state index in [1.54, 1.807) is 11.9 Å². The van der Waals surface area contributed by atoms with Crippen molar-refractivity contribution in [1.29, 1.82) is 0 Å². The smallest absolute Gasteiger partial charge is 0.248 e. The SMILES string of the molecule is CCC1(CC)NC(=O)CCN(C)C1=O. The van der Waals surface area contributed by atoms with E-state index in [1.165, 1.54) is 0 Å². The van der Waals surface area contributed by atoms with Gasteiger partial charge in [0.15, 0.2) is 0 Å². The van der Waals surface area contributed by atoms with Crippen LogP contribution in [0.1, 0.15) is 33.1 Å². The molecule has 4 nitrogen and oxygen atoms in total. The van der Waals surface area contributed by atoms with E-state index in [-0.39, 0.29) is 11.8 Å². The number of carbonyl (C=O) groups is 2. The summed E-state index contributed by atoms with van der Waals surface area (Å²) < 4.78 is 0. The topological polar surface area (TPSA) is 49.4 Å². The summed E-state index contributed by atoms with van der Waals surface area (Å²) >= 11 is 0. The summed E-state index contributed by atoms with van der Waals surface area (Å²) in [7, 11) is 1.75. The number of likely N-dealkylation sites (N-methyl/N-ethyl adjacent to an activating group) is 1. The monoisotopic (exact) mass is 198 g/mol. The van der Waals surface area contributed by atoms with Crippen LogP contribution in [0.4, 0.5) is 0 Å². The lowest BCUT2D eigenvalue weighted by atomic mass is 9.91. The standard InChI is InChI=1S/C10H18N2O2/c1-4-10(5-2)9(14)12(3)7-6-8(13)11-10/h4-7H2,1-3H3,(H,11,13). The van der Waals surface area contributed by atoms with Gasteiger partial charge in [0, 0.05) is 20.0 Å². The van der Waals surface area contributed by atoms with Gasteiger partial charge in [-0.3, -0.25) is 9.59 Å².